The van der Waals surface area contributed by atoms with Gasteiger partial charge in [-0.05, 0) is 17.3 Å². The van der Waals surface area contributed by atoms with Crippen molar-refractivity contribution in [1.82, 2.24) is 0 Å². The molecule has 1 aromatic rings. The highest BCUT2D eigenvalue weighted by molar-refractivity contribution is 5.60. The zero-order chi connectivity index (χ0) is 8.97. The first-order chi connectivity index (χ1) is 5.81. The molecule has 0 amide bonds. The van der Waals surface area contributed by atoms with Crippen LogP contribution in [0.5, 0.6) is 5.75 Å². The molecule has 0 fully saturated rings. The summed E-state index contributed by atoms with van der Waals surface area (Å²) in [5.74, 6) is 0.483. The molecule has 0 unspecified atom stereocenters. The van der Waals surface area contributed by atoms with E-state index >= 15 is 0 Å². The number of nitrogens with zero attached hydrogens (tertiary/aromatic N) is 1. The number of anilines is 1. The normalized spacial score (nSPS) is 9.17. The van der Waals surface area contributed by atoms with Crippen LogP contribution in [0.3, 0.4) is 0 Å². The molecule has 1 N–H and O–H groups in total. The van der Waals surface area contributed by atoms with Crippen molar-refractivity contribution in [2.24, 2.45) is 5.18 Å². The number of nitrogens with one attached hydrogen (secondary N) is 1. The lowest BCUT2D eigenvalue weighted by Crippen LogP contribution is -1.89. The Labute approximate surface area is 70.5 Å². The average Bonchev–Trinajstić information content (AvgIpc) is 2.16. The summed E-state index contributed by atoms with van der Waals surface area (Å²) in [5.41, 5.74) is 1.20. The summed E-state index contributed by atoms with van der Waals surface area (Å²) in [5, 5.41) is 5.74. The summed E-state index contributed by atoms with van der Waals surface area (Å²) < 4.78 is 4.94. The van der Waals surface area contributed by atoms with E-state index in [-0.39, 0.29) is 0 Å². The van der Waals surface area contributed by atoms with E-state index in [1.807, 2.05) is 0 Å². The fourth-order valence-corrected chi connectivity index (χ4v) is 0.909. The summed E-state index contributed by atoms with van der Waals surface area (Å²) in [6, 6.07) is 5.09. The second-order valence-electron chi connectivity index (χ2n) is 2.23. The number of methoxy groups -OCH3 is 1. The van der Waals surface area contributed by atoms with E-state index in [1.165, 1.54) is 7.11 Å². The van der Waals surface area contributed by atoms with E-state index < -0.39 is 0 Å². The topological polar surface area (TPSA) is 50.7 Å². The van der Waals surface area contributed by atoms with Gasteiger partial charge in [-0.3, -0.25) is 0 Å². The predicted molar refractivity (Wildman–Crippen MR) is 48.0 cm³/mol. The number of benzene rings is 1. The molecule has 64 valence electrons. The van der Waals surface area contributed by atoms with Gasteiger partial charge in [-0.25, -0.2) is 0 Å². The first-order valence-electron chi connectivity index (χ1n) is 3.51. The Bertz CT molecular complexity index is 286. The van der Waals surface area contributed by atoms with E-state index in [9.17, 15) is 4.91 Å². The van der Waals surface area contributed by atoms with E-state index in [4.69, 9.17) is 4.74 Å². The summed E-state index contributed by atoms with van der Waals surface area (Å²) in [7, 11) is 3.30. The molecule has 0 bridgehead atoms. The molecule has 0 aliphatic heterocycles. The third-order valence-corrected chi connectivity index (χ3v) is 1.57. The quantitative estimate of drug-likeness (QED) is 0.700. The van der Waals surface area contributed by atoms with Gasteiger partial charge in [0.1, 0.15) is 11.4 Å². The molecule has 0 aromatic heterocycles. The lowest BCUT2D eigenvalue weighted by atomic mass is 10.2. The molecule has 0 saturated heterocycles. The zero-order valence-corrected chi connectivity index (χ0v) is 7.00. The number of nitroso groups, excluding NO2 is 1. The Morgan fingerprint density at radius 3 is 2.75 bits per heavy atom. The lowest BCUT2D eigenvalue weighted by Gasteiger charge is -2.04. The minimum Gasteiger partial charge on any atom is -0.494 e. The van der Waals surface area contributed by atoms with Gasteiger partial charge in [-0.15, -0.1) is 4.91 Å². The van der Waals surface area contributed by atoms with Gasteiger partial charge in [0.25, 0.3) is 0 Å². The van der Waals surface area contributed by atoms with Crippen LogP contribution in [0.4, 0.5) is 11.4 Å². The summed E-state index contributed by atoms with van der Waals surface area (Å²) in [6.07, 6.45) is 0. The molecule has 12 heavy (non-hydrogen) atoms. The first kappa shape index (κ1) is 8.52. The average molecular weight is 166 g/mol. The van der Waals surface area contributed by atoms with Crippen molar-refractivity contribution in [3.8, 4) is 5.75 Å². The van der Waals surface area contributed by atoms with Crippen LogP contribution in [-0.4, -0.2) is 14.2 Å². The molecule has 0 spiro atoms. The van der Waals surface area contributed by atoms with Crippen molar-refractivity contribution in [3.05, 3.63) is 23.1 Å². The molecule has 0 aliphatic rings. The molecule has 4 heteroatoms. The first-order valence-corrected chi connectivity index (χ1v) is 3.51. The molecular formula is C8H10N2O2. The van der Waals surface area contributed by atoms with Gasteiger partial charge in [0.2, 0.25) is 0 Å². The molecule has 4 nitrogen and oxygen atoms in total. The molecule has 0 aliphatic carbocycles. The molecular weight excluding hydrogens is 156 g/mol. The highest BCUT2D eigenvalue weighted by Crippen LogP contribution is 2.29. The van der Waals surface area contributed by atoms with Gasteiger partial charge in [-0.1, -0.05) is 0 Å². The van der Waals surface area contributed by atoms with Crippen LogP contribution in [-0.2, 0) is 0 Å². The highest BCUT2D eigenvalue weighted by Gasteiger charge is 2.02. The lowest BCUT2D eigenvalue weighted by molar-refractivity contribution is 0.416. The minimum atomic E-state index is 0.316. The van der Waals surface area contributed by atoms with Gasteiger partial charge in [0.05, 0.1) is 7.11 Å². The van der Waals surface area contributed by atoms with E-state index in [1.54, 1.807) is 25.2 Å². The van der Waals surface area contributed by atoms with E-state index in [2.05, 4.69) is 10.5 Å². The maximum atomic E-state index is 10.2. The van der Waals surface area contributed by atoms with Crippen LogP contribution < -0.4 is 10.1 Å². The maximum absolute atomic E-state index is 10.2. The minimum absolute atomic E-state index is 0.316. The van der Waals surface area contributed by atoms with Crippen molar-refractivity contribution < 1.29 is 4.74 Å². The Kier molecular flexibility index (Phi) is 2.63. The van der Waals surface area contributed by atoms with Crippen LogP contribution in [0.1, 0.15) is 0 Å². The molecule has 1 aromatic carbocycles. The van der Waals surface area contributed by atoms with E-state index in [0.29, 0.717) is 11.4 Å². The molecule has 1 rings (SSSR count). The Hall–Kier alpha value is -1.58. The zero-order valence-electron chi connectivity index (χ0n) is 7.00. The van der Waals surface area contributed by atoms with Crippen molar-refractivity contribution in [2.45, 2.75) is 0 Å². The number of hydrogen-bond donors (Lipinski definition) is 1. The molecule has 0 radical (unpaired) electrons. The van der Waals surface area contributed by atoms with Crippen molar-refractivity contribution in [3.63, 3.8) is 0 Å². The highest BCUT2D eigenvalue weighted by atomic mass is 16.5. The standard InChI is InChI=1S/C8H10N2O2/c1-9-6-3-4-7(10-11)8(5-6)12-2/h3-5,9H,1-2H3. The van der Waals surface area contributed by atoms with Crippen molar-refractivity contribution in [2.75, 3.05) is 19.5 Å². The van der Waals surface area contributed by atoms with Crippen molar-refractivity contribution >= 4 is 11.4 Å². The Balaban J connectivity index is 3.10. The smallest absolute Gasteiger partial charge is 0.150 e. The van der Waals surface area contributed by atoms with Gasteiger partial charge in [0, 0.05) is 18.8 Å². The predicted octanol–water partition coefficient (Wildman–Crippen LogP) is 2.13. The van der Waals surface area contributed by atoms with Gasteiger partial charge >= 0.3 is 0 Å². The summed E-state index contributed by atoms with van der Waals surface area (Å²) >= 11 is 0. The molecule has 0 atom stereocenters. The van der Waals surface area contributed by atoms with Crippen molar-refractivity contribution in [1.29, 1.82) is 0 Å². The SMILES string of the molecule is CNc1ccc(N=O)c(OC)c1. The van der Waals surface area contributed by atoms with Gasteiger partial charge < -0.3 is 10.1 Å². The number of hydrogen-bond acceptors (Lipinski definition) is 4. The number of rotatable bonds is 3. The fourth-order valence-electron chi connectivity index (χ4n) is 0.909. The number of ether oxygens (including phenoxy) is 1. The van der Waals surface area contributed by atoms with E-state index in [0.717, 1.165) is 5.69 Å². The van der Waals surface area contributed by atoms with Gasteiger partial charge in [0.15, 0.2) is 0 Å². The molecule has 0 heterocycles. The summed E-state index contributed by atoms with van der Waals surface area (Å²) in [6.45, 7) is 0. The third-order valence-electron chi connectivity index (χ3n) is 1.57. The Morgan fingerprint density at radius 1 is 1.50 bits per heavy atom. The largest absolute Gasteiger partial charge is 0.494 e. The third kappa shape index (κ3) is 1.53. The second-order valence-corrected chi connectivity index (χ2v) is 2.23. The summed E-state index contributed by atoms with van der Waals surface area (Å²) in [4.78, 5) is 10.2. The van der Waals surface area contributed by atoms with Crippen LogP contribution in [0.15, 0.2) is 23.4 Å². The van der Waals surface area contributed by atoms with Crippen LogP contribution in [0.25, 0.3) is 0 Å². The molecule has 0 saturated carbocycles. The monoisotopic (exact) mass is 166 g/mol. The second kappa shape index (κ2) is 3.71. The van der Waals surface area contributed by atoms with Crippen LogP contribution in [0, 0.1) is 4.91 Å². The Morgan fingerprint density at radius 2 is 2.25 bits per heavy atom. The fraction of sp³-hybridized carbons (Fsp3) is 0.250. The van der Waals surface area contributed by atoms with Crippen LogP contribution in [0.2, 0.25) is 0 Å². The maximum Gasteiger partial charge on any atom is 0.150 e. The van der Waals surface area contributed by atoms with Crippen LogP contribution >= 0.6 is 0 Å². The van der Waals surface area contributed by atoms with Gasteiger partial charge in [-0.2, -0.15) is 0 Å².